The number of esters is 1. The highest BCUT2D eigenvalue weighted by Gasteiger charge is 2.15. The maximum atomic E-state index is 11.4. The lowest BCUT2D eigenvalue weighted by molar-refractivity contribution is -0.151. The molecule has 0 aliphatic rings. The Labute approximate surface area is 95.0 Å². The predicted octanol–water partition coefficient (Wildman–Crippen LogP) is 3.12. The Morgan fingerprint density at radius 1 is 1.27 bits per heavy atom. The number of carbonyl (C=O) groups excluding carboxylic acids is 1. The molecular weight excluding hydrogens is 208 g/mol. The van der Waals surface area contributed by atoms with Crippen LogP contribution < -0.4 is 0 Å². The van der Waals surface area contributed by atoms with Gasteiger partial charge in [0.1, 0.15) is 5.60 Å². The molecule has 0 saturated carbocycles. The van der Waals surface area contributed by atoms with E-state index in [1.54, 1.807) is 0 Å². The average molecular weight is 224 g/mol. The van der Waals surface area contributed by atoms with Gasteiger partial charge in [-0.1, -0.05) is 18.2 Å². The first-order valence-corrected chi connectivity index (χ1v) is 5.86. The summed E-state index contributed by atoms with van der Waals surface area (Å²) in [6.07, 6.45) is 0. The summed E-state index contributed by atoms with van der Waals surface area (Å²) >= 11 is 1.49. The lowest BCUT2D eigenvalue weighted by Gasteiger charge is -2.19. The van der Waals surface area contributed by atoms with Crippen LogP contribution in [0.15, 0.2) is 35.2 Å². The van der Waals surface area contributed by atoms with Crippen molar-refractivity contribution in [3.8, 4) is 0 Å². The van der Waals surface area contributed by atoms with Crippen molar-refractivity contribution in [1.29, 1.82) is 0 Å². The molecule has 82 valence electrons. The van der Waals surface area contributed by atoms with Crippen molar-refractivity contribution in [2.75, 3.05) is 5.75 Å². The highest BCUT2D eigenvalue weighted by Crippen LogP contribution is 2.18. The summed E-state index contributed by atoms with van der Waals surface area (Å²) in [7, 11) is 0. The predicted molar refractivity (Wildman–Crippen MR) is 63.0 cm³/mol. The van der Waals surface area contributed by atoms with Crippen LogP contribution in [-0.4, -0.2) is 17.3 Å². The van der Waals surface area contributed by atoms with Crippen LogP contribution in [0, 0.1) is 0 Å². The largest absolute Gasteiger partial charge is 0.459 e. The fourth-order valence-corrected chi connectivity index (χ4v) is 1.72. The van der Waals surface area contributed by atoms with Gasteiger partial charge in [-0.15, -0.1) is 11.8 Å². The van der Waals surface area contributed by atoms with E-state index in [1.807, 2.05) is 51.1 Å². The quantitative estimate of drug-likeness (QED) is 0.583. The molecular formula is C12H16O2S. The first kappa shape index (κ1) is 12.1. The van der Waals surface area contributed by atoms with Crippen LogP contribution in [-0.2, 0) is 9.53 Å². The molecule has 1 rings (SSSR count). The Bertz CT molecular complexity index is 314. The second kappa shape index (κ2) is 5.21. The van der Waals surface area contributed by atoms with Crippen LogP contribution in [0.5, 0.6) is 0 Å². The lowest BCUT2D eigenvalue weighted by atomic mass is 10.2. The summed E-state index contributed by atoms with van der Waals surface area (Å²) in [5.74, 6) is 0.192. The van der Waals surface area contributed by atoms with Gasteiger partial charge in [0.2, 0.25) is 0 Å². The summed E-state index contributed by atoms with van der Waals surface area (Å²) in [6.45, 7) is 5.62. The molecule has 0 atom stereocenters. The zero-order chi connectivity index (χ0) is 11.3. The second-order valence-corrected chi connectivity index (χ2v) is 5.24. The van der Waals surface area contributed by atoms with Crippen LogP contribution in [0.2, 0.25) is 0 Å². The number of hydrogen-bond donors (Lipinski definition) is 0. The van der Waals surface area contributed by atoms with E-state index in [1.165, 1.54) is 11.8 Å². The first-order valence-electron chi connectivity index (χ1n) is 4.87. The lowest BCUT2D eigenvalue weighted by Crippen LogP contribution is -2.24. The van der Waals surface area contributed by atoms with E-state index in [-0.39, 0.29) is 5.97 Å². The maximum Gasteiger partial charge on any atom is 0.316 e. The van der Waals surface area contributed by atoms with Crippen LogP contribution in [0.4, 0.5) is 0 Å². The molecule has 1 aromatic carbocycles. The van der Waals surface area contributed by atoms with E-state index in [0.717, 1.165) is 4.90 Å². The van der Waals surface area contributed by atoms with E-state index in [9.17, 15) is 4.79 Å². The van der Waals surface area contributed by atoms with Crippen LogP contribution >= 0.6 is 11.8 Å². The minimum absolute atomic E-state index is 0.170. The number of benzene rings is 1. The summed E-state index contributed by atoms with van der Waals surface area (Å²) in [5.41, 5.74) is -0.395. The van der Waals surface area contributed by atoms with Crippen molar-refractivity contribution in [2.45, 2.75) is 31.3 Å². The molecule has 0 N–H and O–H groups in total. The fraction of sp³-hybridized carbons (Fsp3) is 0.417. The zero-order valence-electron chi connectivity index (χ0n) is 9.32. The van der Waals surface area contributed by atoms with Crippen molar-refractivity contribution in [1.82, 2.24) is 0 Å². The highest BCUT2D eigenvalue weighted by atomic mass is 32.2. The van der Waals surface area contributed by atoms with Gasteiger partial charge in [0.25, 0.3) is 0 Å². The molecule has 1 aromatic rings. The maximum absolute atomic E-state index is 11.4. The fourth-order valence-electron chi connectivity index (χ4n) is 1.03. The molecule has 0 radical (unpaired) electrons. The van der Waals surface area contributed by atoms with E-state index < -0.39 is 5.60 Å². The number of ether oxygens (including phenoxy) is 1. The number of carbonyl (C=O) groups is 1. The van der Waals surface area contributed by atoms with Gasteiger partial charge in [-0.25, -0.2) is 0 Å². The summed E-state index contributed by atoms with van der Waals surface area (Å²) in [6, 6.07) is 9.83. The van der Waals surface area contributed by atoms with Gasteiger partial charge in [-0.3, -0.25) is 4.79 Å². The number of rotatable bonds is 3. The van der Waals surface area contributed by atoms with Crippen molar-refractivity contribution in [3.63, 3.8) is 0 Å². The summed E-state index contributed by atoms with van der Waals surface area (Å²) in [5, 5.41) is 0. The number of thioether (sulfide) groups is 1. The molecule has 0 aromatic heterocycles. The van der Waals surface area contributed by atoms with Crippen molar-refractivity contribution < 1.29 is 9.53 Å². The van der Waals surface area contributed by atoms with Gasteiger partial charge in [-0.2, -0.15) is 0 Å². The Kier molecular flexibility index (Phi) is 4.21. The third-order valence-electron chi connectivity index (χ3n) is 1.52. The normalized spacial score (nSPS) is 11.1. The zero-order valence-corrected chi connectivity index (χ0v) is 10.1. The minimum atomic E-state index is -0.395. The van der Waals surface area contributed by atoms with Crippen molar-refractivity contribution >= 4 is 17.7 Å². The van der Waals surface area contributed by atoms with E-state index >= 15 is 0 Å². The van der Waals surface area contributed by atoms with Gasteiger partial charge in [-0.05, 0) is 32.9 Å². The molecule has 0 unspecified atom stereocenters. The van der Waals surface area contributed by atoms with E-state index in [4.69, 9.17) is 4.74 Å². The van der Waals surface area contributed by atoms with Crippen LogP contribution in [0.25, 0.3) is 0 Å². The molecule has 0 spiro atoms. The Morgan fingerprint density at radius 3 is 2.40 bits per heavy atom. The SMILES string of the molecule is CC(C)(C)OC(=O)CSc1ccccc1. The van der Waals surface area contributed by atoms with E-state index in [2.05, 4.69) is 0 Å². The third-order valence-corrected chi connectivity index (χ3v) is 2.51. The molecule has 3 heteroatoms. The van der Waals surface area contributed by atoms with Gasteiger partial charge in [0.05, 0.1) is 5.75 Å². The number of hydrogen-bond acceptors (Lipinski definition) is 3. The summed E-state index contributed by atoms with van der Waals surface area (Å²) in [4.78, 5) is 12.5. The van der Waals surface area contributed by atoms with Gasteiger partial charge in [0.15, 0.2) is 0 Å². The molecule has 0 heterocycles. The molecule has 0 aliphatic carbocycles. The molecule has 0 amide bonds. The molecule has 0 aliphatic heterocycles. The molecule has 0 fully saturated rings. The van der Waals surface area contributed by atoms with Gasteiger partial charge < -0.3 is 4.74 Å². The summed E-state index contributed by atoms with van der Waals surface area (Å²) < 4.78 is 5.20. The van der Waals surface area contributed by atoms with Crippen LogP contribution in [0.3, 0.4) is 0 Å². The third kappa shape index (κ3) is 5.47. The van der Waals surface area contributed by atoms with Crippen molar-refractivity contribution in [2.24, 2.45) is 0 Å². The topological polar surface area (TPSA) is 26.3 Å². The molecule has 0 saturated heterocycles. The first-order chi connectivity index (χ1) is 6.97. The van der Waals surface area contributed by atoms with Crippen molar-refractivity contribution in [3.05, 3.63) is 30.3 Å². The minimum Gasteiger partial charge on any atom is -0.459 e. The highest BCUT2D eigenvalue weighted by molar-refractivity contribution is 8.00. The Morgan fingerprint density at radius 2 is 1.87 bits per heavy atom. The van der Waals surface area contributed by atoms with E-state index in [0.29, 0.717) is 5.75 Å². The smallest absolute Gasteiger partial charge is 0.316 e. The Balaban J connectivity index is 2.35. The van der Waals surface area contributed by atoms with Gasteiger partial charge in [0, 0.05) is 4.90 Å². The Hall–Kier alpha value is -0.960. The van der Waals surface area contributed by atoms with Gasteiger partial charge >= 0.3 is 5.97 Å². The molecule has 15 heavy (non-hydrogen) atoms. The van der Waals surface area contributed by atoms with Crippen LogP contribution in [0.1, 0.15) is 20.8 Å². The molecule has 0 bridgehead atoms. The molecule has 2 nitrogen and oxygen atoms in total. The monoisotopic (exact) mass is 224 g/mol. The average Bonchev–Trinajstić information content (AvgIpc) is 2.14. The second-order valence-electron chi connectivity index (χ2n) is 4.19. The standard InChI is InChI=1S/C12H16O2S/c1-12(2,3)14-11(13)9-15-10-7-5-4-6-8-10/h4-8H,9H2,1-3H3.